The highest BCUT2D eigenvalue weighted by atomic mass is 19.2. The van der Waals surface area contributed by atoms with Crippen molar-refractivity contribution in [1.29, 1.82) is 0 Å². The predicted molar refractivity (Wildman–Crippen MR) is 32.0 cm³/mol. The highest BCUT2D eigenvalue weighted by Gasteiger charge is 2.28. The standard InChI is InChI=1S/C7H4F2O2/c8-4-2-1-3-5-6(4)7(9)11-10-5/h1-3,7H. The number of hydrogen-bond acceptors (Lipinski definition) is 2. The van der Waals surface area contributed by atoms with Crippen LogP contribution in [0.2, 0.25) is 0 Å². The van der Waals surface area contributed by atoms with Gasteiger partial charge in [-0.1, -0.05) is 6.07 Å². The molecule has 1 heterocycles. The van der Waals surface area contributed by atoms with Crippen molar-refractivity contribution in [2.24, 2.45) is 0 Å². The molecule has 2 nitrogen and oxygen atoms in total. The van der Waals surface area contributed by atoms with Gasteiger partial charge in [0.15, 0.2) is 5.75 Å². The molecule has 0 N–H and O–H groups in total. The zero-order valence-corrected chi connectivity index (χ0v) is 5.38. The van der Waals surface area contributed by atoms with E-state index in [-0.39, 0.29) is 11.3 Å². The first-order valence-electron chi connectivity index (χ1n) is 3.05. The zero-order chi connectivity index (χ0) is 7.84. The van der Waals surface area contributed by atoms with Crippen molar-refractivity contribution in [2.45, 2.75) is 6.36 Å². The third-order valence-electron chi connectivity index (χ3n) is 1.46. The van der Waals surface area contributed by atoms with E-state index in [1.807, 2.05) is 0 Å². The van der Waals surface area contributed by atoms with E-state index < -0.39 is 12.2 Å². The normalized spacial score (nSPS) is 21.1. The summed E-state index contributed by atoms with van der Waals surface area (Å²) in [6.07, 6.45) is -1.80. The van der Waals surface area contributed by atoms with Crippen LogP contribution in [0.5, 0.6) is 5.75 Å². The fourth-order valence-corrected chi connectivity index (χ4v) is 0.952. The molecule has 2 rings (SSSR count). The van der Waals surface area contributed by atoms with Crippen LogP contribution in [0.25, 0.3) is 0 Å². The van der Waals surface area contributed by atoms with Crippen molar-refractivity contribution >= 4 is 0 Å². The molecule has 0 saturated heterocycles. The Morgan fingerprint density at radius 1 is 1.36 bits per heavy atom. The smallest absolute Gasteiger partial charge is 0.274 e. The monoisotopic (exact) mass is 158 g/mol. The summed E-state index contributed by atoms with van der Waals surface area (Å²) in [5, 5.41) is 0. The quantitative estimate of drug-likeness (QED) is 0.538. The van der Waals surface area contributed by atoms with E-state index in [4.69, 9.17) is 0 Å². The summed E-state index contributed by atoms with van der Waals surface area (Å²) in [5.74, 6) is -0.537. The van der Waals surface area contributed by atoms with Gasteiger partial charge in [0.05, 0.1) is 5.56 Å². The molecule has 1 atom stereocenters. The SMILES string of the molecule is Fc1cccc2c1C(F)OO2. The lowest BCUT2D eigenvalue weighted by atomic mass is 10.2. The van der Waals surface area contributed by atoms with Crippen LogP contribution in [0.3, 0.4) is 0 Å². The van der Waals surface area contributed by atoms with Gasteiger partial charge in [0.2, 0.25) is 0 Å². The second-order valence-corrected chi connectivity index (χ2v) is 2.15. The van der Waals surface area contributed by atoms with Crippen molar-refractivity contribution in [3.63, 3.8) is 0 Å². The maximum absolute atomic E-state index is 12.7. The Bertz CT molecular complexity index is 288. The van der Waals surface area contributed by atoms with E-state index in [1.54, 1.807) is 0 Å². The van der Waals surface area contributed by atoms with Crippen molar-refractivity contribution in [3.05, 3.63) is 29.6 Å². The van der Waals surface area contributed by atoms with Crippen LogP contribution < -0.4 is 4.89 Å². The molecule has 0 radical (unpaired) electrons. The van der Waals surface area contributed by atoms with Crippen LogP contribution in [-0.2, 0) is 4.89 Å². The molecule has 11 heavy (non-hydrogen) atoms. The summed E-state index contributed by atoms with van der Waals surface area (Å²) >= 11 is 0. The van der Waals surface area contributed by atoms with Crippen molar-refractivity contribution in [1.82, 2.24) is 0 Å². The molecule has 0 fully saturated rings. The number of hydrogen-bond donors (Lipinski definition) is 0. The Morgan fingerprint density at radius 3 is 2.91 bits per heavy atom. The Kier molecular flexibility index (Phi) is 1.29. The van der Waals surface area contributed by atoms with E-state index in [0.717, 1.165) is 6.07 Å². The molecule has 1 aromatic carbocycles. The first-order valence-corrected chi connectivity index (χ1v) is 3.05. The molecule has 1 aliphatic heterocycles. The maximum Gasteiger partial charge on any atom is 0.274 e. The number of fused-ring (bicyclic) bond motifs is 1. The molecule has 0 amide bonds. The van der Waals surface area contributed by atoms with E-state index in [0.29, 0.717) is 0 Å². The van der Waals surface area contributed by atoms with E-state index in [2.05, 4.69) is 9.78 Å². The minimum atomic E-state index is -1.80. The Morgan fingerprint density at radius 2 is 2.18 bits per heavy atom. The Balaban J connectivity index is 2.58. The van der Waals surface area contributed by atoms with Gasteiger partial charge in [0, 0.05) is 0 Å². The summed E-state index contributed by atoms with van der Waals surface area (Å²) in [7, 11) is 0. The van der Waals surface area contributed by atoms with Gasteiger partial charge >= 0.3 is 0 Å². The average Bonchev–Trinajstić information content (AvgIpc) is 2.34. The van der Waals surface area contributed by atoms with Gasteiger partial charge in [0.25, 0.3) is 6.36 Å². The van der Waals surface area contributed by atoms with E-state index >= 15 is 0 Å². The fraction of sp³-hybridized carbons (Fsp3) is 0.143. The highest BCUT2D eigenvalue weighted by Crippen LogP contribution is 2.37. The average molecular weight is 158 g/mol. The van der Waals surface area contributed by atoms with Crippen molar-refractivity contribution < 1.29 is 18.6 Å². The molecular formula is C7H4F2O2. The third kappa shape index (κ3) is 0.867. The molecule has 0 aromatic heterocycles. The number of alkyl halides is 1. The molecule has 1 aromatic rings. The highest BCUT2D eigenvalue weighted by molar-refractivity contribution is 5.36. The van der Waals surface area contributed by atoms with Gasteiger partial charge in [-0.05, 0) is 12.1 Å². The summed E-state index contributed by atoms with van der Waals surface area (Å²) in [6, 6.07) is 4.02. The van der Waals surface area contributed by atoms with Crippen LogP contribution in [-0.4, -0.2) is 0 Å². The van der Waals surface area contributed by atoms with Crippen LogP contribution in [0.15, 0.2) is 18.2 Å². The second-order valence-electron chi connectivity index (χ2n) is 2.15. The molecule has 1 aliphatic rings. The largest absolute Gasteiger partial charge is 0.334 e. The lowest BCUT2D eigenvalue weighted by Gasteiger charge is -1.94. The number of benzene rings is 1. The molecule has 0 spiro atoms. The summed E-state index contributed by atoms with van der Waals surface area (Å²) in [6.45, 7) is 0. The molecule has 0 bridgehead atoms. The molecule has 0 aliphatic carbocycles. The molecule has 4 heteroatoms. The Hall–Kier alpha value is -1.16. The molecule has 0 saturated carbocycles. The van der Waals surface area contributed by atoms with E-state index in [1.165, 1.54) is 12.1 Å². The first-order chi connectivity index (χ1) is 5.29. The fourth-order valence-electron chi connectivity index (χ4n) is 0.952. The molecule has 58 valence electrons. The molecular weight excluding hydrogens is 154 g/mol. The zero-order valence-electron chi connectivity index (χ0n) is 5.38. The summed E-state index contributed by atoms with van der Waals surface area (Å²) in [5.41, 5.74) is -0.160. The minimum absolute atomic E-state index is 0.109. The number of rotatable bonds is 0. The summed E-state index contributed by atoms with van der Waals surface area (Å²) in [4.78, 5) is 8.47. The van der Waals surface area contributed by atoms with Crippen LogP contribution in [0, 0.1) is 5.82 Å². The Labute approximate surface area is 61.3 Å². The maximum atomic E-state index is 12.7. The van der Waals surface area contributed by atoms with E-state index in [9.17, 15) is 8.78 Å². The van der Waals surface area contributed by atoms with Gasteiger partial charge in [0.1, 0.15) is 5.82 Å². The van der Waals surface area contributed by atoms with Gasteiger partial charge in [-0.25, -0.2) is 8.78 Å². The van der Waals surface area contributed by atoms with Crippen LogP contribution in [0.1, 0.15) is 11.9 Å². The number of halogens is 2. The predicted octanol–water partition coefficient (Wildman–Crippen LogP) is 2.12. The van der Waals surface area contributed by atoms with Gasteiger partial charge in [-0.2, -0.15) is 0 Å². The lowest BCUT2D eigenvalue weighted by Crippen LogP contribution is -1.89. The lowest BCUT2D eigenvalue weighted by molar-refractivity contribution is -0.261. The van der Waals surface area contributed by atoms with Gasteiger partial charge in [-0.15, -0.1) is 4.89 Å². The van der Waals surface area contributed by atoms with Gasteiger partial charge in [-0.3, -0.25) is 0 Å². The topological polar surface area (TPSA) is 18.5 Å². The van der Waals surface area contributed by atoms with Gasteiger partial charge < -0.3 is 4.89 Å². The van der Waals surface area contributed by atoms with Crippen molar-refractivity contribution in [3.8, 4) is 5.75 Å². The van der Waals surface area contributed by atoms with Crippen LogP contribution in [0.4, 0.5) is 8.78 Å². The van der Waals surface area contributed by atoms with Crippen molar-refractivity contribution in [2.75, 3.05) is 0 Å². The van der Waals surface area contributed by atoms with Crippen LogP contribution >= 0.6 is 0 Å². The summed E-state index contributed by atoms with van der Waals surface area (Å²) < 4.78 is 25.3. The third-order valence-corrected chi connectivity index (χ3v) is 1.46. The minimum Gasteiger partial charge on any atom is -0.334 e. The second kappa shape index (κ2) is 2.17. The first kappa shape index (κ1) is 6.54. The molecule has 1 unspecified atom stereocenters.